The summed E-state index contributed by atoms with van der Waals surface area (Å²) in [7, 11) is 1.91. The van der Waals surface area contributed by atoms with Crippen LogP contribution in [-0.2, 0) is 0 Å². The molecule has 1 aromatic heterocycles. The van der Waals surface area contributed by atoms with Crippen LogP contribution in [0.1, 0.15) is 42.3 Å². The lowest BCUT2D eigenvalue weighted by molar-refractivity contribution is 0.775. The Labute approximate surface area is 121 Å². The van der Waals surface area contributed by atoms with E-state index in [1.807, 2.05) is 7.05 Å². The third-order valence-corrected chi connectivity index (χ3v) is 3.56. The molecule has 1 aromatic carbocycles. The second-order valence-electron chi connectivity index (χ2n) is 5.63. The Morgan fingerprint density at radius 2 is 1.75 bits per heavy atom. The number of benzene rings is 1. The maximum Gasteiger partial charge on any atom is 0.133 e. The first-order valence-corrected chi connectivity index (χ1v) is 7.08. The molecule has 2 aromatic rings. The van der Waals surface area contributed by atoms with Crippen molar-refractivity contribution in [2.75, 3.05) is 12.4 Å². The summed E-state index contributed by atoms with van der Waals surface area (Å²) in [5.41, 5.74) is 5.83. The highest BCUT2D eigenvalue weighted by atomic mass is 15.0. The highest BCUT2D eigenvalue weighted by molar-refractivity contribution is 5.71. The van der Waals surface area contributed by atoms with Gasteiger partial charge in [0.2, 0.25) is 0 Å². The van der Waals surface area contributed by atoms with Gasteiger partial charge in [0.25, 0.3) is 0 Å². The van der Waals surface area contributed by atoms with Crippen LogP contribution in [0.15, 0.2) is 18.2 Å². The number of aryl methyl sites for hydroxylation is 2. The minimum absolute atomic E-state index is 0.312. The predicted molar refractivity (Wildman–Crippen MR) is 85.3 cm³/mol. The van der Waals surface area contributed by atoms with Crippen LogP contribution in [0.2, 0.25) is 0 Å². The van der Waals surface area contributed by atoms with Crippen molar-refractivity contribution in [2.24, 2.45) is 0 Å². The van der Waals surface area contributed by atoms with Crippen LogP contribution in [0, 0.1) is 20.8 Å². The molecule has 3 nitrogen and oxygen atoms in total. The Kier molecular flexibility index (Phi) is 4.07. The molecule has 0 amide bonds. The van der Waals surface area contributed by atoms with Crippen LogP contribution in [0.5, 0.6) is 0 Å². The second-order valence-corrected chi connectivity index (χ2v) is 5.63. The van der Waals surface area contributed by atoms with E-state index in [-0.39, 0.29) is 0 Å². The van der Waals surface area contributed by atoms with Gasteiger partial charge in [-0.05, 0) is 32.4 Å². The largest absolute Gasteiger partial charge is 0.373 e. The van der Waals surface area contributed by atoms with Gasteiger partial charge in [-0.2, -0.15) is 0 Å². The van der Waals surface area contributed by atoms with Gasteiger partial charge in [-0.1, -0.05) is 31.5 Å². The van der Waals surface area contributed by atoms with E-state index in [1.165, 1.54) is 16.7 Å². The third kappa shape index (κ3) is 2.67. The van der Waals surface area contributed by atoms with Gasteiger partial charge in [-0.3, -0.25) is 0 Å². The fourth-order valence-electron chi connectivity index (χ4n) is 2.29. The van der Waals surface area contributed by atoms with Gasteiger partial charge < -0.3 is 5.32 Å². The zero-order valence-corrected chi connectivity index (χ0v) is 13.2. The summed E-state index contributed by atoms with van der Waals surface area (Å²) in [5.74, 6) is 2.11. The molecule has 0 bridgehead atoms. The fraction of sp³-hybridized carbons (Fsp3) is 0.412. The topological polar surface area (TPSA) is 37.8 Å². The molecule has 1 N–H and O–H groups in total. The molecule has 20 heavy (non-hydrogen) atoms. The van der Waals surface area contributed by atoms with Gasteiger partial charge in [-0.25, -0.2) is 9.97 Å². The minimum atomic E-state index is 0.312. The second kappa shape index (κ2) is 5.61. The molecule has 0 aliphatic carbocycles. The number of rotatable bonds is 3. The van der Waals surface area contributed by atoms with Gasteiger partial charge in [-0.15, -0.1) is 0 Å². The number of hydrogen-bond donors (Lipinski definition) is 1. The highest BCUT2D eigenvalue weighted by Crippen LogP contribution is 2.30. The third-order valence-electron chi connectivity index (χ3n) is 3.56. The molecule has 0 radical (unpaired) electrons. The van der Waals surface area contributed by atoms with E-state index in [2.05, 4.69) is 63.1 Å². The van der Waals surface area contributed by atoms with Crippen molar-refractivity contribution in [1.82, 2.24) is 9.97 Å². The maximum atomic E-state index is 4.80. The van der Waals surface area contributed by atoms with Crippen LogP contribution in [0.3, 0.4) is 0 Å². The average Bonchev–Trinajstić information content (AvgIpc) is 2.41. The van der Waals surface area contributed by atoms with Crippen molar-refractivity contribution >= 4 is 5.82 Å². The first kappa shape index (κ1) is 14.5. The van der Waals surface area contributed by atoms with Gasteiger partial charge in [0, 0.05) is 24.1 Å². The summed E-state index contributed by atoms with van der Waals surface area (Å²) in [6, 6.07) is 6.49. The van der Waals surface area contributed by atoms with Crippen LogP contribution in [0.4, 0.5) is 5.82 Å². The molecule has 0 fully saturated rings. The molecule has 0 spiro atoms. The zero-order chi connectivity index (χ0) is 14.9. The standard InChI is InChI=1S/C17H23N3/c1-10(2)16-19-15(13(5)17(18-6)20-16)14-9-11(3)7-8-12(14)4/h7-10H,1-6H3,(H,18,19,20). The Morgan fingerprint density at radius 1 is 1.05 bits per heavy atom. The molecule has 0 saturated heterocycles. The fourth-order valence-corrected chi connectivity index (χ4v) is 2.29. The molecule has 106 valence electrons. The molecule has 0 unspecified atom stereocenters. The number of anilines is 1. The summed E-state index contributed by atoms with van der Waals surface area (Å²) in [6.45, 7) is 10.6. The molecular weight excluding hydrogens is 246 g/mol. The normalized spacial score (nSPS) is 10.9. The lowest BCUT2D eigenvalue weighted by atomic mass is 9.99. The molecule has 0 aliphatic rings. The molecule has 2 rings (SSSR count). The highest BCUT2D eigenvalue weighted by Gasteiger charge is 2.15. The van der Waals surface area contributed by atoms with E-state index < -0.39 is 0 Å². The SMILES string of the molecule is CNc1nc(C(C)C)nc(-c2cc(C)ccc2C)c1C. The summed E-state index contributed by atoms with van der Waals surface area (Å²) < 4.78 is 0. The van der Waals surface area contributed by atoms with Gasteiger partial charge >= 0.3 is 0 Å². The van der Waals surface area contributed by atoms with Gasteiger partial charge in [0.1, 0.15) is 11.6 Å². The Balaban J connectivity index is 2.72. The Hall–Kier alpha value is -1.90. The van der Waals surface area contributed by atoms with Crippen molar-refractivity contribution in [3.05, 3.63) is 40.7 Å². The van der Waals surface area contributed by atoms with E-state index in [0.717, 1.165) is 22.9 Å². The first-order chi connectivity index (χ1) is 9.43. The van der Waals surface area contributed by atoms with Gasteiger partial charge in [0.05, 0.1) is 5.69 Å². The van der Waals surface area contributed by atoms with E-state index in [1.54, 1.807) is 0 Å². The summed E-state index contributed by atoms with van der Waals surface area (Å²) in [4.78, 5) is 9.41. The van der Waals surface area contributed by atoms with Crippen LogP contribution < -0.4 is 5.32 Å². The first-order valence-electron chi connectivity index (χ1n) is 7.08. The number of nitrogens with one attached hydrogen (secondary N) is 1. The predicted octanol–water partition coefficient (Wildman–Crippen LogP) is 4.23. The lowest BCUT2D eigenvalue weighted by Gasteiger charge is -2.15. The summed E-state index contributed by atoms with van der Waals surface area (Å²) >= 11 is 0. The van der Waals surface area contributed by atoms with Crippen LogP contribution in [0.25, 0.3) is 11.3 Å². The van der Waals surface area contributed by atoms with Gasteiger partial charge in [0.15, 0.2) is 0 Å². The average molecular weight is 269 g/mol. The molecule has 0 atom stereocenters. The van der Waals surface area contributed by atoms with E-state index in [9.17, 15) is 0 Å². The van der Waals surface area contributed by atoms with E-state index in [0.29, 0.717) is 5.92 Å². The van der Waals surface area contributed by atoms with Crippen molar-refractivity contribution in [3.63, 3.8) is 0 Å². The number of aromatic nitrogens is 2. The van der Waals surface area contributed by atoms with Crippen molar-refractivity contribution in [2.45, 2.75) is 40.5 Å². The number of hydrogen-bond acceptors (Lipinski definition) is 3. The minimum Gasteiger partial charge on any atom is -0.373 e. The monoisotopic (exact) mass is 269 g/mol. The zero-order valence-electron chi connectivity index (χ0n) is 13.2. The molecule has 1 heterocycles. The molecule has 3 heteroatoms. The molecular formula is C17H23N3. The maximum absolute atomic E-state index is 4.80. The van der Waals surface area contributed by atoms with E-state index in [4.69, 9.17) is 4.98 Å². The van der Waals surface area contributed by atoms with E-state index >= 15 is 0 Å². The van der Waals surface area contributed by atoms with Crippen LogP contribution in [-0.4, -0.2) is 17.0 Å². The number of nitrogens with zero attached hydrogens (tertiary/aromatic N) is 2. The smallest absolute Gasteiger partial charge is 0.133 e. The quantitative estimate of drug-likeness (QED) is 0.906. The van der Waals surface area contributed by atoms with Crippen LogP contribution >= 0.6 is 0 Å². The lowest BCUT2D eigenvalue weighted by Crippen LogP contribution is -2.07. The molecule has 0 saturated carbocycles. The Bertz CT molecular complexity index is 630. The molecule has 0 aliphatic heterocycles. The van der Waals surface area contributed by atoms with Crippen molar-refractivity contribution in [3.8, 4) is 11.3 Å². The summed E-state index contributed by atoms with van der Waals surface area (Å²) in [5, 5.41) is 3.18. The summed E-state index contributed by atoms with van der Waals surface area (Å²) in [6.07, 6.45) is 0. The van der Waals surface area contributed by atoms with Crippen molar-refractivity contribution < 1.29 is 0 Å². The van der Waals surface area contributed by atoms with Crippen molar-refractivity contribution in [1.29, 1.82) is 0 Å². The Morgan fingerprint density at radius 3 is 2.35 bits per heavy atom.